The summed E-state index contributed by atoms with van der Waals surface area (Å²) >= 11 is 0. The SMILES string of the molecule is CC(C)NC(=O)CN1CCN(c2cccc3c2C(=O)c2ccccc2C3=O)CC1. The van der Waals surface area contributed by atoms with Gasteiger partial charge in [-0.2, -0.15) is 0 Å². The first-order valence-electron chi connectivity index (χ1n) is 10.0. The lowest BCUT2D eigenvalue weighted by Gasteiger charge is -2.37. The fourth-order valence-electron chi connectivity index (χ4n) is 4.11. The molecule has 29 heavy (non-hydrogen) atoms. The van der Waals surface area contributed by atoms with Crippen molar-refractivity contribution in [2.24, 2.45) is 0 Å². The summed E-state index contributed by atoms with van der Waals surface area (Å²) in [4.78, 5) is 42.4. The molecule has 1 aliphatic carbocycles. The number of carbonyl (C=O) groups is 3. The number of ketones is 2. The maximum absolute atomic E-state index is 13.2. The normalized spacial score (nSPS) is 16.6. The average Bonchev–Trinajstić information content (AvgIpc) is 2.71. The van der Waals surface area contributed by atoms with Gasteiger partial charge in [-0.3, -0.25) is 19.3 Å². The lowest BCUT2D eigenvalue weighted by atomic mass is 9.83. The number of amides is 1. The van der Waals surface area contributed by atoms with E-state index in [1.807, 2.05) is 26.0 Å². The van der Waals surface area contributed by atoms with E-state index in [9.17, 15) is 14.4 Å². The van der Waals surface area contributed by atoms with E-state index < -0.39 is 0 Å². The van der Waals surface area contributed by atoms with Crippen LogP contribution in [0.3, 0.4) is 0 Å². The number of carbonyl (C=O) groups excluding carboxylic acids is 3. The largest absolute Gasteiger partial charge is 0.368 e. The molecule has 0 saturated carbocycles. The van der Waals surface area contributed by atoms with Gasteiger partial charge in [0, 0.05) is 54.6 Å². The number of hydrogen-bond acceptors (Lipinski definition) is 5. The summed E-state index contributed by atoms with van der Waals surface area (Å²) in [5, 5.41) is 2.92. The molecule has 1 heterocycles. The monoisotopic (exact) mass is 391 g/mol. The zero-order valence-corrected chi connectivity index (χ0v) is 16.8. The molecule has 1 fully saturated rings. The van der Waals surface area contributed by atoms with E-state index in [2.05, 4.69) is 15.1 Å². The second-order valence-electron chi connectivity index (χ2n) is 7.89. The van der Waals surface area contributed by atoms with Crippen LogP contribution in [-0.2, 0) is 4.79 Å². The highest BCUT2D eigenvalue weighted by Gasteiger charge is 2.33. The van der Waals surface area contributed by atoms with E-state index >= 15 is 0 Å². The molecule has 0 unspecified atom stereocenters. The molecule has 0 aromatic heterocycles. The Hall–Kier alpha value is -2.99. The number of rotatable bonds is 4. The molecule has 0 atom stereocenters. The van der Waals surface area contributed by atoms with Gasteiger partial charge in [0.2, 0.25) is 5.91 Å². The average molecular weight is 391 g/mol. The molecule has 1 N–H and O–H groups in total. The molecular formula is C23H25N3O3. The molecule has 2 aliphatic rings. The van der Waals surface area contributed by atoms with Gasteiger partial charge in [-0.05, 0) is 19.9 Å². The van der Waals surface area contributed by atoms with Crippen LogP contribution in [0, 0.1) is 0 Å². The van der Waals surface area contributed by atoms with Gasteiger partial charge in [0.15, 0.2) is 11.6 Å². The Bertz CT molecular complexity index is 975. The Morgan fingerprint density at radius 3 is 2.17 bits per heavy atom. The lowest BCUT2D eigenvalue weighted by molar-refractivity contribution is -0.122. The molecule has 150 valence electrons. The van der Waals surface area contributed by atoms with Crippen molar-refractivity contribution in [2.75, 3.05) is 37.6 Å². The first kappa shape index (κ1) is 19.3. The quantitative estimate of drug-likeness (QED) is 0.738. The van der Waals surface area contributed by atoms with E-state index in [0.29, 0.717) is 41.9 Å². The second kappa shape index (κ2) is 7.79. The van der Waals surface area contributed by atoms with E-state index in [1.165, 1.54) is 0 Å². The van der Waals surface area contributed by atoms with Crippen molar-refractivity contribution in [2.45, 2.75) is 19.9 Å². The third-order valence-electron chi connectivity index (χ3n) is 5.46. The fraction of sp³-hybridized carbons (Fsp3) is 0.348. The predicted molar refractivity (Wildman–Crippen MR) is 112 cm³/mol. The Morgan fingerprint density at radius 1 is 0.897 bits per heavy atom. The molecule has 4 rings (SSSR count). The number of anilines is 1. The highest BCUT2D eigenvalue weighted by molar-refractivity contribution is 6.30. The first-order valence-corrected chi connectivity index (χ1v) is 10.0. The van der Waals surface area contributed by atoms with Crippen LogP contribution in [0.4, 0.5) is 5.69 Å². The number of fused-ring (bicyclic) bond motifs is 2. The van der Waals surface area contributed by atoms with Crippen molar-refractivity contribution in [3.8, 4) is 0 Å². The van der Waals surface area contributed by atoms with Crippen molar-refractivity contribution < 1.29 is 14.4 Å². The Labute approximate surface area is 170 Å². The summed E-state index contributed by atoms with van der Waals surface area (Å²) in [7, 11) is 0. The molecular weight excluding hydrogens is 366 g/mol. The number of nitrogens with zero attached hydrogens (tertiary/aromatic N) is 2. The van der Waals surface area contributed by atoms with Crippen LogP contribution in [0.1, 0.15) is 45.7 Å². The van der Waals surface area contributed by atoms with Crippen molar-refractivity contribution >= 4 is 23.2 Å². The van der Waals surface area contributed by atoms with Crippen molar-refractivity contribution in [1.82, 2.24) is 10.2 Å². The van der Waals surface area contributed by atoms with Gasteiger partial charge in [-0.1, -0.05) is 36.4 Å². The minimum atomic E-state index is -0.0963. The fourth-order valence-corrected chi connectivity index (χ4v) is 4.11. The van der Waals surface area contributed by atoms with Crippen LogP contribution in [0.25, 0.3) is 0 Å². The van der Waals surface area contributed by atoms with Gasteiger partial charge in [0.05, 0.1) is 12.1 Å². The van der Waals surface area contributed by atoms with Crippen LogP contribution in [0.15, 0.2) is 42.5 Å². The van der Waals surface area contributed by atoms with Crippen molar-refractivity contribution in [3.63, 3.8) is 0 Å². The summed E-state index contributed by atoms with van der Waals surface area (Å²) < 4.78 is 0. The van der Waals surface area contributed by atoms with E-state index in [0.717, 1.165) is 18.8 Å². The minimum Gasteiger partial charge on any atom is -0.368 e. The number of benzene rings is 2. The Morgan fingerprint density at radius 2 is 1.52 bits per heavy atom. The molecule has 0 bridgehead atoms. The van der Waals surface area contributed by atoms with Gasteiger partial charge in [-0.15, -0.1) is 0 Å². The summed E-state index contributed by atoms with van der Waals surface area (Å²) in [6, 6.07) is 12.6. The summed E-state index contributed by atoms with van der Waals surface area (Å²) in [5.41, 5.74) is 2.73. The molecule has 2 aromatic rings. The van der Waals surface area contributed by atoms with Crippen LogP contribution in [0.5, 0.6) is 0 Å². The first-order chi connectivity index (χ1) is 14.0. The summed E-state index contributed by atoms with van der Waals surface area (Å²) in [6.07, 6.45) is 0. The van der Waals surface area contributed by atoms with Gasteiger partial charge >= 0.3 is 0 Å². The van der Waals surface area contributed by atoms with Crippen molar-refractivity contribution in [3.05, 3.63) is 64.7 Å². The zero-order valence-electron chi connectivity index (χ0n) is 16.8. The van der Waals surface area contributed by atoms with Crippen LogP contribution in [0.2, 0.25) is 0 Å². The van der Waals surface area contributed by atoms with Crippen LogP contribution in [-0.4, -0.2) is 61.1 Å². The third kappa shape index (κ3) is 3.68. The van der Waals surface area contributed by atoms with Gasteiger partial charge in [0.25, 0.3) is 0 Å². The summed E-state index contributed by atoms with van der Waals surface area (Å²) in [5.74, 6) is -0.159. The smallest absolute Gasteiger partial charge is 0.234 e. The summed E-state index contributed by atoms with van der Waals surface area (Å²) in [6.45, 7) is 7.14. The van der Waals surface area contributed by atoms with Crippen LogP contribution < -0.4 is 10.2 Å². The highest BCUT2D eigenvalue weighted by Crippen LogP contribution is 2.34. The minimum absolute atomic E-state index is 0.0305. The van der Waals surface area contributed by atoms with Gasteiger partial charge in [0.1, 0.15) is 0 Å². The molecule has 1 aliphatic heterocycles. The molecule has 1 saturated heterocycles. The predicted octanol–water partition coefficient (Wildman–Crippen LogP) is 2.11. The maximum atomic E-state index is 13.2. The molecule has 2 aromatic carbocycles. The second-order valence-corrected chi connectivity index (χ2v) is 7.89. The molecule has 6 nitrogen and oxygen atoms in total. The molecule has 0 spiro atoms. The van der Waals surface area contributed by atoms with Crippen molar-refractivity contribution in [1.29, 1.82) is 0 Å². The Balaban J connectivity index is 1.54. The molecule has 6 heteroatoms. The van der Waals surface area contributed by atoms with E-state index in [-0.39, 0.29) is 23.5 Å². The number of piperazine rings is 1. The maximum Gasteiger partial charge on any atom is 0.234 e. The zero-order chi connectivity index (χ0) is 20.5. The molecule has 1 amide bonds. The number of hydrogen-bond donors (Lipinski definition) is 1. The van der Waals surface area contributed by atoms with E-state index in [1.54, 1.807) is 30.3 Å². The highest BCUT2D eigenvalue weighted by atomic mass is 16.2. The van der Waals surface area contributed by atoms with Gasteiger partial charge < -0.3 is 10.2 Å². The standard InChI is InChI=1S/C23H25N3O3/c1-15(2)24-20(27)14-25-10-12-26(13-11-25)19-9-5-8-18-21(19)23(29)17-7-4-3-6-16(17)22(18)28/h3-9,15H,10-14H2,1-2H3,(H,24,27). The van der Waals surface area contributed by atoms with E-state index in [4.69, 9.17) is 0 Å². The third-order valence-corrected chi connectivity index (χ3v) is 5.46. The molecule has 0 radical (unpaired) electrons. The van der Waals surface area contributed by atoms with Crippen LogP contribution >= 0.6 is 0 Å². The Kier molecular flexibility index (Phi) is 5.20. The van der Waals surface area contributed by atoms with Gasteiger partial charge in [-0.25, -0.2) is 0 Å². The topological polar surface area (TPSA) is 69.7 Å². The lowest BCUT2D eigenvalue weighted by Crippen LogP contribution is -2.50. The number of nitrogens with one attached hydrogen (secondary N) is 1.